The molecule has 0 spiro atoms. The normalized spacial score (nSPS) is 19.4. The fourth-order valence-electron chi connectivity index (χ4n) is 2.84. The first-order valence-electron chi connectivity index (χ1n) is 7.14. The second-order valence-corrected chi connectivity index (χ2v) is 6.76. The summed E-state index contributed by atoms with van der Waals surface area (Å²) in [7, 11) is 0. The van der Waals surface area contributed by atoms with E-state index in [-0.39, 0.29) is 6.04 Å². The molecule has 1 aliphatic rings. The predicted molar refractivity (Wildman–Crippen MR) is 76.3 cm³/mol. The molecule has 0 aromatic carbocycles. The Morgan fingerprint density at radius 1 is 1.21 bits per heavy atom. The van der Waals surface area contributed by atoms with Gasteiger partial charge in [0.15, 0.2) is 5.82 Å². The maximum absolute atomic E-state index is 6.41. The highest BCUT2D eigenvalue weighted by Crippen LogP contribution is 2.34. The van der Waals surface area contributed by atoms with Gasteiger partial charge in [-0.25, -0.2) is 0 Å². The van der Waals surface area contributed by atoms with E-state index in [1.807, 2.05) is 4.52 Å². The quantitative estimate of drug-likeness (QED) is 0.938. The van der Waals surface area contributed by atoms with Gasteiger partial charge in [-0.3, -0.25) is 0 Å². The van der Waals surface area contributed by atoms with E-state index in [4.69, 9.17) is 5.73 Å². The zero-order chi connectivity index (χ0) is 13.4. The van der Waals surface area contributed by atoms with Crippen LogP contribution in [0, 0.1) is 5.92 Å². The molecule has 0 aliphatic heterocycles. The van der Waals surface area contributed by atoms with Gasteiger partial charge in [0.25, 0.3) is 0 Å². The van der Waals surface area contributed by atoms with Crippen molar-refractivity contribution in [3.8, 4) is 0 Å². The van der Waals surface area contributed by atoms with Crippen molar-refractivity contribution in [2.75, 3.05) is 0 Å². The van der Waals surface area contributed by atoms with Crippen molar-refractivity contribution < 1.29 is 0 Å². The van der Waals surface area contributed by atoms with Gasteiger partial charge in [-0.1, -0.05) is 44.4 Å². The van der Waals surface area contributed by atoms with Crippen molar-refractivity contribution in [2.24, 2.45) is 11.7 Å². The SMILES string of the molecule is CC(C)c1nnc2sc(C(N)C3CCCCC3)nn12. The molecule has 0 radical (unpaired) electrons. The standard InChI is InChI=1S/C13H21N5S/c1-8(2)11-15-16-13-18(11)17-12(19-13)10(14)9-6-4-3-5-7-9/h8-10H,3-7,14H2,1-2H3. The molecule has 5 nitrogen and oxygen atoms in total. The van der Waals surface area contributed by atoms with Gasteiger partial charge in [-0.15, -0.1) is 10.2 Å². The highest BCUT2D eigenvalue weighted by molar-refractivity contribution is 7.16. The molecule has 3 rings (SSSR count). The molecule has 2 aromatic rings. The van der Waals surface area contributed by atoms with E-state index < -0.39 is 0 Å². The van der Waals surface area contributed by atoms with Gasteiger partial charge >= 0.3 is 0 Å². The van der Waals surface area contributed by atoms with E-state index in [9.17, 15) is 0 Å². The third-order valence-corrected chi connectivity index (χ3v) is 4.99. The number of hydrogen-bond donors (Lipinski definition) is 1. The minimum atomic E-state index is 0.0620. The molecule has 6 heteroatoms. The number of rotatable bonds is 3. The van der Waals surface area contributed by atoms with Gasteiger partial charge in [0.1, 0.15) is 5.01 Å². The Kier molecular flexibility index (Phi) is 3.54. The number of fused-ring (bicyclic) bond motifs is 1. The van der Waals surface area contributed by atoms with E-state index in [1.165, 1.54) is 32.1 Å². The van der Waals surface area contributed by atoms with Crippen molar-refractivity contribution >= 4 is 16.3 Å². The van der Waals surface area contributed by atoms with Crippen LogP contribution in [0.15, 0.2) is 0 Å². The Morgan fingerprint density at radius 3 is 2.63 bits per heavy atom. The van der Waals surface area contributed by atoms with E-state index in [2.05, 4.69) is 29.1 Å². The topological polar surface area (TPSA) is 69.1 Å². The van der Waals surface area contributed by atoms with Crippen LogP contribution in [0.4, 0.5) is 0 Å². The van der Waals surface area contributed by atoms with Crippen LogP contribution < -0.4 is 5.73 Å². The molecule has 104 valence electrons. The average Bonchev–Trinajstić information content (AvgIpc) is 2.98. The molecule has 0 amide bonds. The number of nitrogens with two attached hydrogens (primary N) is 1. The molecule has 1 atom stereocenters. The summed E-state index contributed by atoms with van der Waals surface area (Å²) >= 11 is 1.59. The summed E-state index contributed by atoms with van der Waals surface area (Å²) < 4.78 is 1.87. The lowest BCUT2D eigenvalue weighted by Crippen LogP contribution is -2.23. The minimum absolute atomic E-state index is 0.0620. The molecule has 2 heterocycles. The highest BCUT2D eigenvalue weighted by Gasteiger charge is 2.26. The average molecular weight is 279 g/mol. The van der Waals surface area contributed by atoms with Gasteiger partial charge in [0.05, 0.1) is 6.04 Å². The smallest absolute Gasteiger partial charge is 0.234 e. The Bertz CT molecular complexity index is 552. The van der Waals surface area contributed by atoms with Crippen LogP contribution >= 0.6 is 11.3 Å². The molecule has 1 saturated carbocycles. The first kappa shape index (κ1) is 13.0. The van der Waals surface area contributed by atoms with Gasteiger partial charge in [-0.05, 0) is 18.8 Å². The summed E-state index contributed by atoms with van der Waals surface area (Å²) in [4.78, 5) is 0.866. The molecule has 2 aromatic heterocycles. The van der Waals surface area contributed by atoms with Crippen LogP contribution in [0.1, 0.15) is 68.7 Å². The van der Waals surface area contributed by atoms with Crippen molar-refractivity contribution in [3.05, 3.63) is 10.8 Å². The van der Waals surface area contributed by atoms with Crippen molar-refractivity contribution in [1.82, 2.24) is 19.8 Å². The van der Waals surface area contributed by atoms with E-state index >= 15 is 0 Å². The van der Waals surface area contributed by atoms with Crippen molar-refractivity contribution in [1.29, 1.82) is 0 Å². The maximum atomic E-state index is 6.41. The first-order valence-corrected chi connectivity index (χ1v) is 7.96. The van der Waals surface area contributed by atoms with Crippen LogP contribution in [0.5, 0.6) is 0 Å². The summed E-state index contributed by atoms with van der Waals surface area (Å²) in [6.45, 7) is 4.22. The van der Waals surface area contributed by atoms with Crippen LogP contribution in [0.2, 0.25) is 0 Å². The fourth-order valence-corrected chi connectivity index (χ4v) is 3.78. The monoisotopic (exact) mass is 279 g/mol. The van der Waals surface area contributed by atoms with E-state index in [0.717, 1.165) is 15.8 Å². The highest BCUT2D eigenvalue weighted by atomic mass is 32.1. The first-order chi connectivity index (χ1) is 9.16. The Labute approximate surface area is 117 Å². The molecular weight excluding hydrogens is 258 g/mol. The Balaban J connectivity index is 1.88. The molecular formula is C13H21N5S. The van der Waals surface area contributed by atoms with Crippen LogP contribution in [-0.4, -0.2) is 19.8 Å². The van der Waals surface area contributed by atoms with Crippen LogP contribution in [0.25, 0.3) is 4.96 Å². The Hall–Kier alpha value is -1.01. The number of aromatic nitrogens is 4. The fraction of sp³-hybridized carbons (Fsp3) is 0.769. The molecule has 1 fully saturated rings. The Morgan fingerprint density at radius 2 is 1.95 bits per heavy atom. The number of nitrogens with zero attached hydrogens (tertiary/aromatic N) is 4. The van der Waals surface area contributed by atoms with Crippen LogP contribution in [-0.2, 0) is 0 Å². The zero-order valence-corrected chi connectivity index (χ0v) is 12.4. The second-order valence-electron chi connectivity index (χ2n) is 5.77. The second kappa shape index (κ2) is 5.17. The minimum Gasteiger partial charge on any atom is -0.322 e. The number of hydrogen-bond acceptors (Lipinski definition) is 5. The lowest BCUT2D eigenvalue weighted by atomic mass is 9.84. The summed E-state index contributed by atoms with van der Waals surface area (Å²) in [6.07, 6.45) is 6.43. The third kappa shape index (κ3) is 2.39. The summed E-state index contributed by atoms with van der Waals surface area (Å²) in [5.74, 6) is 1.84. The molecule has 0 saturated heterocycles. The van der Waals surface area contributed by atoms with E-state index in [0.29, 0.717) is 11.8 Å². The summed E-state index contributed by atoms with van der Waals surface area (Å²) in [5, 5.41) is 14.1. The van der Waals surface area contributed by atoms with Crippen molar-refractivity contribution in [3.63, 3.8) is 0 Å². The largest absolute Gasteiger partial charge is 0.322 e. The molecule has 19 heavy (non-hydrogen) atoms. The van der Waals surface area contributed by atoms with Gasteiger partial charge in [0.2, 0.25) is 4.96 Å². The molecule has 1 aliphatic carbocycles. The van der Waals surface area contributed by atoms with Gasteiger partial charge in [0, 0.05) is 5.92 Å². The molecule has 2 N–H and O–H groups in total. The summed E-state index contributed by atoms with van der Waals surface area (Å²) in [5.41, 5.74) is 6.41. The lowest BCUT2D eigenvalue weighted by molar-refractivity contribution is 0.306. The van der Waals surface area contributed by atoms with Gasteiger partial charge in [-0.2, -0.15) is 9.61 Å². The van der Waals surface area contributed by atoms with Crippen molar-refractivity contribution in [2.45, 2.75) is 57.9 Å². The van der Waals surface area contributed by atoms with E-state index in [1.54, 1.807) is 11.3 Å². The zero-order valence-electron chi connectivity index (χ0n) is 11.5. The van der Waals surface area contributed by atoms with Gasteiger partial charge < -0.3 is 5.73 Å². The molecule has 1 unspecified atom stereocenters. The summed E-state index contributed by atoms with van der Waals surface area (Å²) in [6, 6.07) is 0.0620. The third-order valence-electron chi connectivity index (χ3n) is 3.99. The van der Waals surface area contributed by atoms with Crippen LogP contribution in [0.3, 0.4) is 0 Å². The maximum Gasteiger partial charge on any atom is 0.234 e. The predicted octanol–water partition coefficient (Wildman–Crippen LogP) is 2.89. The molecule has 0 bridgehead atoms. The lowest BCUT2D eigenvalue weighted by Gasteiger charge is -2.25.